The third-order valence-electron chi connectivity index (χ3n) is 3.06. The van der Waals surface area contributed by atoms with Crippen molar-refractivity contribution in [2.75, 3.05) is 38.1 Å². The fourth-order valence-electron chi connectivity index (χ4n) is 1.99. The zero-order valence-electron chi connectivity index (χ0n) is 11.8. The molecule has 0 atom stereocenters. The SMILES string of the molecule is CN/C(=C\c1ccnc(N2CCNCC2)n1)C(=O)NC=O. The van der Waals surface area contributed by atoms with Gasteiger partial charge in [0.25, 0.3) is 5.91 Å². The zero-order chi connectivity index (χ0) is 15.1. The van der Waals surface area contributed by atoms with Crippen molar-refractivity contribution in [3.8, 4) is 0 Å². The zero-order valence-corrected chi connectivity index (χ0v) is 11.8. The third-order valence-corrected chi connectivity index (χ3v) is 3.06. The van der Waals surface area contributed by atoms with Gasteiger partial charge in [-0.3, -0.25) is 14.9 Å². The van der Waals surface area contributed by atoms with Crippen molar-refractivity contribution >= 4 is 24.3 Å². The number of nitrogens with one attached hydrogen (secondary N) is 3. The predicted molar refractivity (Wildman–Crippen MR) is 78.4 cm³/mol. The minimum absolute atomic E-state index is 0.257. The number of hydrogen-bond acceptors (Lipinski definition) is 7. The van der Waals surface area contributed by atoms with Crippen LogP contribution in [-0.4, -0.2) is 55.5 Å². The highest BCUT2D eigenvalue weighted by Gasteiger charge is 2.13. The van der Waals surface area contributed by atoms with Gasteiger partial charge in [-0.15, -0.1) is 0 Å². The molecule has 0 unspecified atom stereocenters. The molecule has 112 valence electrons. The number of rotatable bonds is 5. The molecule has 1 aliphatic rings. The van der Waals surface area contributed by atoms with Gasteiger partial charge in [-0.2, -0.15) is 0 Å². The highest BCUT2D eigenvalue weighted by molar-refractivity contribution is 6.01. The highest BCUT2D eigenvalue weighted by atomic mass is 16.2. The molecule has 2 rings (SSSR count). The van der Waals surface area contributed by atoms with Crippen LogP contribution in [0.4, 0.5) is 5.95 Å². The van der Waals surface area contributed by atoms with Crippen LogP contribution < -0.4 is 20.9 Å². The van der Waals surface area contributed by atoms with E-state index < -0.39 is 5.91 Å². The smallest absolute Gasteiger partial charge is 0.273 e. The lowest BCUT2D eigenvalue weighted by atomic mass is 10.3. The lowest BCUT2D eigenvalue weighted by Crippen LogP contribution is -2.44. The molecule has 1 fully saturated rings. The van der Waals surface area contributed by atoms with Crippen LogP contribution in [0.5, 0.6) is 0 Å². The number of likely N-dealkylation sites (N-methyl/N-ethyl adjacent to an activating group) is 1. The lowest BCUT2D eigenvalue weighted by molar-refractivity contribution is -0.122. The molecule has 0 saturated carbocycles. The molecule has 0 spiro atoms. The van der Waals surface area contributed by atoms with E-state index in [4.69, 9.17) is 0 Å². The van der Waals surface area contributed by atoms with Gasteiger partial charge in [0.05, 0.1) is 5.69 Å². The minimum Gasteiger partial charge on any atom is -0.384 e. The number of imide groups is 1. The van der Waals surface area contributed by atoms with Gasteiger partial charge in [0.2, 0.25) is 12.4 Å². The average molecular weight is 290 g/mol. The van der Waals surface area contributed by atoms with E-state index in [1.54, 1.807) is 25.4 Å². The van der Waals surface area contributed by atoms with E-state index in [1.165, 1.54) is 0 Å². The highest BCUT2D eigenvalue weighted by Crippen LogP contribution is 2.10. The third kappa shape index (κ3) is 3.99. The molecule has 8 heteroatoms. The molecule has 21 heavy (non-hydrogen) atoms. The predicted octanol–water partition coefficient (Wildman–Crippen LogP) is -1.28. The van der Waals surface area contributed by atoms with Crippen molar-refractivity contribution in [2.45, 2.75) is 0 Å². The van der Waals surface area contributed by atoms with Crippen LogP contribution in [0.2, 0.25) is 0 Å². The summed E-state index contributed by atoms with van der Waals surface area (Å²) < 4.78 is 0. The number of hydrogen-bond donors (Lipinski definition) is 3. The maximum absolute atomic E-state index is 11.6. The molecule has 1 aromatic heterocycles. The second kappa shape index (κ2) is 7.34. The maximum atomic E-state index is 11.6. The summed E-state index contributed by atoms with van der Waals surface area (Å²) in [6.07, 6.45) is 3.58. The molecule has 3 N–H and O–H groups in total. The Morgan fingerprint density at radius 1 is 1.43 bits per heavy atom. The Morgan fingerprint density at radius 2 is 2.19 bits per heavy atom. The van der Waals surface area contributed by atoms with E-state index in [2.05, 4.69) is 30.8 Å². The number of amides is 2. The molecule has 1 aromatic rings. The molecular weight excluding hydrogens is 272 g/mol. The Bertz CT molecular complexity index is 539. The van der Waals surface area contributed by atoms with Crippen LogP contribution in [0.25, 0.3) is 6.08 Å². The summed E-state index contributed by atoms with van der Waals surface area (Å²) in [5, 5.41) is 8.09. The van der Waals surface area contributed by atoms with Crippen LogP contribution in [0.3, 0.4) is 0 Å². The first kappa shape index (κ1) is 14.9. The summed E-state index contributed by atoms with van der Waals surface area (Å²) >= 11 is 0. The van der Waals surface area contributed by atoms with E-state index in [9.17, 15) is 9.59 Å². The molecule has 8 nitrogen and oxygen atoms in total. The first-order chi connectivity index (χ1) is 10.2. The summed E-state index contributed by atoms with van der Waals surface area (Å²) in [6, 6.07) is 1.71. The number of carbonyl (C=O) groups is 2. The Morgan fingerprint density at radius 3 is 2.86 bits per heavy atom. The van der Waals surface area contributed by atoms with Crippen LogP contribution in [0.15, 0.2) is 18.0 Å². The van der Waals surface area contributed by atoms with Crippen LogP contribution in [-0.2, 0) is 9.59 Å². The summed E-state index contributed by atoms with van der Waals surface area (Å²) in [7, 11) is 1.61. The topological polar surface area (TPSA) is 99.2 Å². The van der Waals surface area contributed by atoms with E-state index in [0.717, 1.165) is 26.2 Å². The number of aromatic nitrogens is 2. The first-order valence-corrected chi connectivity index (χ1v) is 6.67. The summed E-state index contributed by atoms with van der Waals surface area (Å²) in [4.78, 5) is 32.7. The standard InChI is InChI=1S/C13H18N6O2/c1-14-11(12(21)17-9-20)8-10-2-3-16-13(18-10)19-6-4-15-5-7-19/h2-3,8-9,14-15H,4-7H2,1H3,(H,17,20,21)/b11-8-. The van der Waals surface area contributed by atoms with Gasteiger partial charge in [-0.25, -0.2) is 9.97 Å². The second-order valence-electron chi connectivity index (χ2n) is 4.42. The Kier molecular flexibility index (Phi) is 5.22. The van der Waals surface area contributed by atoms with E-state index >= 15 is 0 Å². The van der Waals surface area contributed by atoms with Crippen LogP contribution >= 0.6 is 0 Å². The second-order valence-corrected chi connectivity index (χ2v) is 4.42. The van der Waals surface area contributed by atoms with Crippen molar-refractivity contribution < 1.29 is 9.59 Å². The quantitative estimate of drug-likeness (QED) is 0.459. The molecule has 1 saturated heterocycles. The monoisotopic (exact) mass is 290 g/mol. The molecule has 2 amide bonds. The minimum atomic E-state index is -0.505. The maximum Gasteiger partial charge on any atom is 0.273 e. The van der Waals surface area contributed by atoms with Gasteiger partial charge in [-0.05, 0) is 12.1 Å². The van der Waals surface area contributed by atoms with Gasteiger partial charge < -0.3 is 15.5 Å². The van der Waals surface area contributed by atoms with Crippen molar-refractivity contribution in [1.29, 1.82) is 0 Å². The number of carbonyl (C=O) groups excluding carboxylic acids is 2. The van der Waals surface area contributed by atoms with Gasteiger partial charge in [0.1, 0.15) is 5.70 Å². The number of piperazine rings is 1. The summed E-state index contributed by atoms with van der Waals surface area (Å²) in [5.41, 5.74) is 0.857. The number of anilines is 1. The van der Waals surface area contributed by atoms with E-state index in [1.807, 2.05) is 0 Å². The van der Waals surface area contributed by atoms with Gasteiger partial charge in [0.15, 0.2) is 0 Å². The van der Waals surface area contributed by atoms with E-state index in [-0.39, 0.29) is 5.70 Å². The van der Waals surface area contributed by atoms with E-state index in [0.29, 0.717) is 18.1 Å². The number of nitrogens with zero attached hydrogens (tertiary/aromatic N) is 3. The summed E-state index contributed by atoms with van der Waals surface area (Å²) in [5.74, 6) is 0.131. The first-order valence-electron chi connectivity index (χ1n) is 6.67. The van der Waals surface area contributed by atoms with Crippen molar-refractivity contribution in [2.24, 2.45) is 0 Å². The molecular formula is C13H18N6O2. The fourth-order valence-corrected chi connectivity index (χ4v) is 1.99. The van der Waals surface area contributed by atoms with Crippen LogP contribution in [0.1, 0.15) is 5.69 Å². The Balaban J connectivity index is 2.19. The molecule has 0 aliphatic carbocycles. The molecule has 0 radical (unpaired) electrons. The summed E-state index contributed by atoms with van der Waals surface area (Å²) in [6.45, 7) is 3.48. The Labute approximate surface area is 122 Å². The van der Waals surface area contributed by atoms with Gasteiger partial charge in [0, 0.05) is 39.4 Å². The average Bonchev–Trinajstić information content (AvgIpc) is 2.54. The van der Waals surface area contributed by atoms with Gasteiger partial charge >= 0.3 is 0 Å². The Hall–Kier alpha value is -2.48. The largest absolute Gasteiger partial charge is 0.384 e. The molecule has 0 aromatic carbocycles. The lowest BCUT2D eigenvalue weighted by Gasteiger charge is -2.27. The van der Waals surface area contributed by atoms with Crippen molar-refractivity contribution in [3.63, 3.8) is 0 Å². The molecule has 1 aliphatic heterocycles. The molecule has 2 heterocycles. The van der Waals surface area contributed by atoms with Crippen molar-refractivity contribution in [3.05, 3.63) is 23.7 Å². The van der Waals surface area contributed by atoms with Crippen LogP contribution in [0, 0.1) is 0 Å². The molecule has 0 bridgehead atoms. The fraction of sp³-hybridized carbons (Fsp3) is 0.385. The normalized spacial score (nSPS) is 15.5. The van der Waals surface area contributed by atoms with Gasteiger partial charge in [-0.1, -0.05) is 0 Å². The van der Waals surface area contributed by atoms with Crippen molar-refractivity contribution in [1.82, 2.24) is 25.9 Å².